The SMILES string of the molecule is CC/C=C\C/C=C\C/C=C\C/C=C\C/C=C\CCCC(=O)OCC(COC1OC(C(=O)O)C(O)C(O)C1OC(=O)CCCC/C=C\C/C=C\C/C=C\C/C=C\CC)OC(=O)CCCCCCC/C=C\CCCC. The minimum atomic E-state index is -1.93. The summed E-state index contributed by atoms with van der Waals surface area (Å²) in [5.74, 6) is -3.29. The Labute approximate surface area is 439 Å². The summed E-state index contributed by atoms with van der Waals surface area (Å²) < 4.78 is 28.2. The van der Waals surface area contributed by atoms with Gasteiger partial charge in [0.15, 0.2) is 24.6 Å². The number of rotatable bonds is 44. The monoisotopic (exact) mass is 1020 g/mol. The van der Waals surface area contributed by atoms with E-state index in [0.29, 0.717) is 32.1 Å². The summed E-state index contributed by atoms with van der Waals surface area (Å²) in [4.78, 5) is 50.9. The van der Waals surface area contributed by atoms with E-state index in [2.05, 4.69) is 136 Å². The fourth-order valence-electron chi connectivity index (χ4n) is 7.31. The largest absolute Gasteiger partial charge is 0.479 e. The second kappa shape index (κ2) is 48.1. The van der Waals surface area contributed by atoms with E-state index in [-0.39, 0.29) is 25.9 Å². The lowest BCUT2D eigenvalue weighted by atomic mass is 9.98. The van der Waals surface area contributed by atoms with Gasteiger partial charge in [-0.15, -0.1) is 0 Å². The van der Waals surface area contributed by atoms with Crippen molar-refractivity contribution in [1.82, 2.24) is 0 Å². The molecule has 3 N–H and O–H groups in total. The Kier molecular flexibility index (Phi) is 43.6. The number of aliphatic hydroxyl groups excluding tert-OH is 2. The molecule has 1 saturated heterocycles. The van der Waals surface area contributed by atoms with Gasteiger partial charge < -0.3 is 39.0 Å². The Morgan fingerprint density at radius 2 is 0.877 bits per heavy atom. The predicted octanol–water partition coefficient (Wildman–Crippen LogP) is 13.7. The molecule has 0 saturated carbocycles. The summed E-state index contributed by atoms with van der Waals surface area (Å²) >= 11 is 0. The van der Waals surface area contributed by atoms with E-state index in [1.54, 1.807) is 0 Å². The number of aliphatic hydroxyl groups is 2. The van der Waals surface area contributed by atoms with Gasteiger partial charge in [0.2, 0.25) is 0 Å². The van der Waals surface area contributed by atoms with Crippen molar-refractivity contribution in [2.45, 2.75) is 225 Å². The molecule has 0 radical (unpaired) electrons. The van der Waals surface area contributed by atoms with Gasteiger partial charge in [0.25, 0.3) is 0 Å². The first-order valence-corrected chi connectivity index (χ1v) is 27.5. The third kappa shape index (κ3) is 38.4. The molecule has 6 unspecified atom stereocenters. The van der Waals surface area contributed by atoms with Crippen LogP contribution in [0.1, 0.15) is 188 Å². The first-order chi connectivity index (χ1) is 35.6. The van der Waals surface area contributed by atoms with E-state index in [0.717, 1.165) is 103 Å². The number of allylic oxidation sites excluding steroid dienone is 20. The van der Waals surface area contributed by atoms with Crippen LogP contribution in [0.2, 0.25) is 0 Å². The number of carbonyl (C=O) groups excluding carboxylic acids is 3. The maximum absolute atomic E-state index is 13.1. The highest BCUT2D eigenvalue weighted by Crippen LogP contribution is 2.26. The van der Waals surface area contributed by atoms with Crippen LogP contribution < -0.4 is 0 Å². The number of aliphatic carboxylic acids is 1. The topological polar surface area (TPSA) is 175 Å². The Balaban J connectivity index is 2.78. The molecular formula is C61H94O12. The zero-order valence-corrected chi connectivity index (χ0v) is 44.8. The van der Waals surface area contributed by atoms with Gasteiger partial charge in [0.05, 0.1) is 6.61 Å². The maximum atomic E-state index is 13.1. The minimum absolute atomic E-state index is 0.00468. The molecule has 73 heavy (non-hydrogen) atoms. The predicted molar refractivity (Wildman–Crippen MR) is 293 cm³/mol. The maximum Gasteiger partial charge on any atom is 0.335 e. The van der Waals surface area contributed by atoms with Gasteiger partial charge in [-0.25, -0.2) is 4.79 Å². The normalized spacial score (nSPS) is 19.3. The summed E-state index contributed by atoms with van der Waals surface area (Å²) in [6.07, 6.45) is 53.3. The highest BCUT2D eigenvalue weighted by Gasteiger charge is 2.50. The fourth-order valence-corrected chi connectivity index (χ4v) is 7.31. The second-order valence-electron chi connectivity index (χ2n) is 18.1. The van der Waals surface area contributed by atoms with Crippen molar-refractivity contribution in [3.05, 3.63) is 122 Å². The number of esters is 3. The van der Waals surface area contributed by atoms with Crippen LogP contribution in [0.3, 0.4) is 0 Å². The highest BCUT2D eigenvalue weighted by molar-refractivity contribution is 5.74. The summed E-state index contributed by atoms with van der Waals surface area (Å²) in [7, 11) is 0. The molecule has 0 bridgehead atoms. The average molecular weight is 1020 g/mol. The Morgan fingerprint density at radius 1 is 0.466 bits per heavy atom. The van der Waals surface area contributed by atoms with Crippen molar-refractivity contribution in [3.8, 4) is 0 Å². The molecule has 0 aliphatic carbocycles. The van der Waals surface area contributed by atoms with E-state index in [1.165, 1.54) is 12.8 Å². The lowest BCUT2D eigenvalue weighted by Gasteiger charge is -2.40. The Bertz CT molecular complexity index is 1730. The summed E-state index contributed by atoms with van der Waals surface area (Å²) in [5.41, 5.74) is 0. The van der Waals surface area contributed by atoms with E-state index >= 15 is 0 Å². The van der Waals surface area contributed by atoms with Crippen LogP contribution in [0.15, 0.2) is 122 Å². The van der Waals surface area contributed by atoms with Crippen LogP contribution >= 0.6 is 0 Å². The van der Waals surface area contributed by atoms with E-state index in [1.807, 2.05) is 6.08 Å². The number of ether oxygens (including phenoxy) is 5. The molecule has 0 aromatic carbocycles. The second-order valence-corrected chi connectivity index (χ2v) is 18.1. The molecule has 1 aliphatic heterocycles. The first kappa shape index (κ1) is 66.1. The van der Waals surface area contributed by atoms with Crippen LogP contribution in [0.25, 0.3) is 0 Å². The van der Waals surface area contributed by atoms with E-state index < -0.39 is 67.3 Å². The molecule has 0 spiro atoms. The van der Waals surface area contributed by atoms with Crippen LogP contribution in [0.4, 0.5) is 0 Å². The molecule has 1 aliphatic rings. The molecule has 12 nitrogen and oxygen atoms in total. The van der Waals surface area contributed by atoms with Gasteiger partial charge in [-0.05, 0) is 116 Å². The molecule has 6 atom stereocenters. The molecule has 1 rings (SSSR count). The fraction of sp³-hybridized carbons (Fsp3) is 0.607. The van der Waals surface area contributed by atoms with Crippen molar-refractivity contribution in [2.24, 2.45) is 0 Å². The average Bonchev–Trinajstić information content (AvgIpc) is 3.37. The van der Waals surface area contributed by atoms with Crippen LogP contribution in [-0.2, 0) is 42.9 Å². The lowest BCUT2D eigenvalue weighted by molar-refractivity contribution is -0.301. The zero-order chi connectivity index (χ0) is 53.3. The molecule has 0 amide bonds. The standard InChI is InChI=1S/C61H94O12/c1-4-7-10-13-16-19-22-24-26-27-29-30-33-35-38-41-44-47-53(62)69-50-52(71-54(63)48-45-42-39-36-32-21-18-15-12-9-6-3)51-70-61-59(57(66)56(65)58(73-61)60(67)68)72-55(64)49-46-43-40-37-34-31-28-25-23-20-17-14-11-8-5-2/h7-8,10-11,15-20,24-26,28-30,34-35,37-38,52,56-59,61,65-66H,4-6,9,12-14,21-23,27,31-33,36,39-51H2,1-3H3,(H,67,68)/b10-7-,11-8-,18-15-,19-16-,20-17-,26-24-,28-25-,30-29-,37-34-,38-35-. The van der Waals surface area contributed by atoms with Crippen molar-refractivity contribution >= 4 is 23.9 Å². The quantitative estimate of drug-likeness (QED) is 0.0228. The Hall–Kier alpha value is -4.88. The summed E-state index contributed by atoms with van der Waals surface area (Å²) in [6, 6.07) is 0. The number of unbranched alkanes of at least 4 members (excludes halogenated alkanes) is 10. The van der Waals surface area contributed by atoms with Crippen molar-refractivity contribution in [3.63, 3.8) is 0 Å². The molecule has 410 valence electrons. The lowest BCUT2D eigenvalue weighted by Crippen LogP contribution is -2.61. The van der Waals surface area contributed by atoms with Gasteiger partial charge >= 0.3 is 23.9 Å². The number of carbonyl (C=O) groups is 4. The number of carboxylic acids is 1. The molecular weight excluding hydrogens is 925 g/mol. The molecule has 0 aromatic heterocycles. The van der Waals surface area contributed by atoms with Crippen LogP contribution in [0, 0.1) is 0 Å². The highest BCUT2D eigenvalue weighted by atomic mass is 16.7. The van der Waals surface area contributed by atoms with Gasteiger partial charge in [0.1, 0.15) is 18.8 Å². The van der Waals surface area contributed by atoms with Gasteiger partial charge in [-0.3, -0.25) is 14.4 Å². The third-order valence-corrected chi connectivity index (χ3v) is 11.5. The molecule has 1 fully saturated rings. The Morgan fingerprint density at radius 3 is 1.40 bits per heavy atom. The van der Waals surface area contributed by atoms with Gasteiger partial charge in [-0.2, -0.15) is 0 Å². The molecule has 0 aromatic rings. The summed E-state index contributed by atoms with van der Waals surface area (Å²) in [6.45, 7) is 5.61. The van der Waals surface area contributed by atoms with Crippen LogP contribution in [0.5, 0.6) is 0 Å². The van der Waals surface area contributed by atoms with Gasteiger partial charge in [-0.1, -0.05) is 174 Å². The number of hydrogen-bond acceptors (Lipinski definition) is 11. The van der Waals surface area contributed by atoms with Gasteiger partial charge in [0, 0.05) is 19.3 Å². The summed E-state index contributed by atoms with van der Waals surface area (Å²) in [5, 5.41) is 31.4. The first-order valence-electron chi connectivity index (χ1n) is 27.5. The van der Waals surface area contributed by atoms with Crippen molar-refractivity contribution in [2.75, 3.05) is 13.2 Å². The minimum Gasteiger partial charge on any atom is -0.479 e. The zero-order valence-electron chi connectivity index (χ0n) is 44.8. The van der Waals surface area contributed by atoms with Crippen LogP contribution in [-0.4, -0.2) is 89.2 Å². The smallest absolute Gasteiger partial charge is 0.335 e. The molecule has 1 heterocycles. The molecule has 12 heteroatoms. The van der Waals surface area contributed by atoms with Crippen molar-refractivity contribution < 1.29 is 58.2 Å². The van der Waals surface area contributed by atoms with Crippen molar-refractivity contribution in [1.29, 1.82) is 0 Å². The third-order valence-electron chi connectivity index (χ3n) is 11.5. The number of hydrogen-bond donors (Lipinski definition) is 3. The van der Waals surface area contributed by atoms with E-state index in [9.17, 15) is 34.5 Å². The number of carboxylic acid groups (broad SMARTS) is 1. The van der Waals surface area contributed by atoms with E-state index in [4.69, 9.17) is 23.7 Å².